The summed E-state index contributed by atoms with van der Waals surface area (Å²) >= 11 is 1.69. The molecule has 2 atom stereocenters. The molecule has 1 amide bonds. The number of piperidine rings is 1. The summed E-state index contributed by atoms with van der Waals surface area (Å²) in [6, 6.07) is 2.73. The van der Waals surface area contributed by atoms with E-state index in [1.54, 1.807) is 11.3 Å². The third-order valence-electron chi connectivity index (χ3n) is 6.00. The van der Waals surface area contributed by atoms with E-state index in [0.717, 1.165) is 62.9 Å². The molecule has 0 radical (unpaired) electrons. The minimum atomic E-state index is -0.154. The highest BCUT2D eigenvalue weighted by atomic mass is 32.1. The Morgan fingerprint density at radius 3 is 2.67 bits per heavy atom. The van der Waals surface area contributed by atoms with Gasteiger partial charge in [-0.15, -0.1) is 11.3 Å². The molecule has 2 N–H and O–H groups in total. The molecule has 0 spiro atoms. The van der Waals surface area contributed by atoms with E-state index in [1.807, 2.05) is 0 Å². The predicted octanol–water partition coefficient (Wildman–Crippen LogP) is 2.73. The molecule has 24 heavy (non-hydrogen) atoms. The fraction of sp³-hybridized carbons (Fsp3) is 0.737. The summed E-state index contributed by atoms with van der Waals surface area (Å²) in [5, 5.41) is 13.5. The summed E-state index contributed by atoms with van der Waals surface area (Å²) in [4.78, 5) is 17.3. The van der Waals surface area contributed by atoms with E-state index in [-0.39, 0.29) is 18.1 Å². The molecule has 0 aromatic carbocycles. The van der Waals surface area contributed by atoms with E-state index < -0.39 is 0 Å². The molecule has 2 heterocycles. The minimum absolute atomic E-state index is 0.116. The highest BCUT2D eigenvalue weighted by Gasteiger charge is 2.32. The SMILES string of the molecule is O=C(NC1CCN([C@@H]2CCCC[C@@H]2O)CC1)c1cc2c(s1)CCC2. The number of nitrogens with one attached hydrogen (secondary N) is 1. The Balaban J connectivity index is 1.28. The second-order valence-corrected chi connectivity index (χ2v) is 8.75. The number of likely N-dealkylation sites (tertiary alicyclic amines) is 1. The number of amides is 1. The largest absolute Gasteiger partial charge is 0.391 e. The van der Waals surface area contributed by atoms with Gasteiger partial charge in [0.1, 0.15) is 0 Å². The summed E-state index contributed by atoms with van der Waals surface area (Å²) in [5.74, 6) is 0.116. The van der Waals surface area contributed by atoms with Crippen LogP contribution in [-0.2, 0) is 12.8 Å². The van der Waals surface area contributed by atoms with Crippen molar-refractivity contribution in [3.63, 3.8) is 0 Å². The third-order valence-corrected chi connectivity index (χ3v) is 7.23. The standard InChI is InChI=1S/C19H28N2O2S/c22-16-6-2-1-5-15(16)21-10-8-14(9-11-21)20-19(23)18-12-13-4-3-7-17(13)24-18/h12,14-16,22H,1-11H2,(H,20,23)/t15-,16+/m1/s1. The van der Waals surface area contributed by atoms with Crippen LogP contribution in [0.3, 0.4) is 0 Å². The average Bonchev–Trinajstić information content (AvgIpc) is 3.18. The Morgan fingerprint density at radius 1 is 1.12 bits per heavy atom. The van der Waals surface area contributed by atoms with Crippen molar-refractivity contribution in [2.24, 2.45) is 0 Å². The first-order chi connectivity index (χ1) is 11.7. The Hall–Kier alpha value is -0.910. The number of hydrogen-bond acceptors (Lipinski definition) is 4. The molecule has 1 aromatic rings. The van der Waals surface area contributed by atoms with Crippen molar-refractivity contribution < 1.29 is 9.90 Å². The molecule has 3 aliphatic rings. The van der Waals surface area contributed by atoms with Crippen molar-refractivity contribution in [3.8, 4) is 0 Å². The molecule has 5 heteroatoms. The van der Waals surface area contributed by atoms with Crippen LogP contribution in [0.1, 0.15) is 65.1 Å². The summed E-state index contributed by atoms with van der Waals surface area (Å²) in [6.07, 6.45) is 9.85. The van der Waals surface area contributed by atoms with Crippen molar-refractivity contribution in [2.45, 2.75) is 76.0 Å². The lowest BCUT2D eigenvalue weighted by Crippen LogP contribution is -2.52. The van der Waals surface area contributed by atoms with Gasteiger partial charge < -0.3 is 10.4 Å². The third kappa shape index (κ3) is 3.39. The van der Waals surface area contributed by atoms with Crippen LogP contribution in [-0.4, -0.2) is 47.2 Å². The molecular weight excluding hydrogens is 320 g/mol. The topological polar surface area (TPSA) is 52.6 Å². The van der Waals surface area contributed by atoms with Gasteiger partial charge in [0.2, 0.25) is 0 Å². The van der Waals surface area contributed by atoms with Crippen LogP contribution in [0.15, 0.2) is 6.07 Å². The van der Waals surface area contributed by atoms with Crippen LogP contribution in [0, 0.1) is 0 Å². The van der Waals surface area contributed by atoms with E-state index in [9.17, 15) is 9.90 Å². The van der Waals surface area contributed by atoms with E-state index >= 15 is 0 Å². The molecule has 0 bridgehead atoms. The Morgan fingerprint density at radius 2 is 1.92 bits per heavy atom. The number of nitrogens with zero attached hydrogens (tertiary/aromatic N) is 1. The summed E-state index contributed by atoms with van der Waals surface area (Å²) < 4.78 is 0. The van der Waals surface area contributed by atoms with Gasteiger partial charge in [-0.05, 0) is 56.6 Å². The Bertz CT molecular complexity index is 571. The molecule has 1 saturated carbocycles. The molecule has 0 unspecified atom stereocenters. The molecule has 1 saturated heterocycles. The zero-order chi connectivity index (χ0) is 16.5. The lowest BCUT2D eigenvalue weighted by Gasteiger charge is -2.41. The second-order valence-electron chi connectivity index (χ2n) is 7.62. The van der Waals surface area contributed by atoms with Crippen molar-refractivity contribution in [1.29, 1.82) is 0 Å². The van der Waals surface area contributed by atoms with E-state index in [1.165, 1.54) is 23.3 Å². The molecule has 1 aromatic heterocycles. The highest BCUT2D eigenvalue weighted by molar-refractivity contribution is 7.14. The van der Waals surface area contributed by atoms with Crippen molar-refractivity contribution in [1.82, 2.24) is 10.2 Å². The molecular formula is C19H28N2O2S. The molecule has 1 aliphatic heterocycles. The normalized spacial score (nSPS) is 28.7. The van der Waals surface area contributed by atoms with Gasteiger partial charge >= 0.3 is 0 Å². The number of aliphatic hydroxyl groups is 1. The smallest absolute Gasteiger partial charge is 0.261 e. The molecule has 4 nitrogen and oxygen atoms in total. The van der Waals surface area contributed by atoms with E-state index in [2.05, 4.69) is 16.3 Å². The zero-order valence-corrected chi connectivity index (χ0v) is 15.1. The first kappa shape index (κ1) is 16.6. The Labute approximate surface area is 148 Å². The van der Waals surface area contributed by atoms with Gasteiger partial charge in [-0.3, -0.25) is 9.69 Å². The maximum absolute atomic E-state index is 12.5. The number of aryl methyl sites for hydroxylation is 2. The average molecular weight is 349 g/mol. The summed E-state index contributed by atoms with van der Waals surface area (Å²) in [7, 11) is 0. The van der Waals surface area contributed by atoms with Gasteiger partial charge in [-0.1, -0.05) is 12.8 Å². The number of thiophene rings is 1. The maximum atomic E-state index is 12.5. The monoisotopic (exact) mass is 348 g/mol. The van der Waals surface area contributed by atoms with Crippen molar-refractivity contribution in [2.75, 3.05) is 13.1 Å². The van der Waals surface area contributed by atoms with E-state index in [4.69, 9.17) is 0 Å². The lowest BCUT2D eigenvalue weighted by molar-refractivity contribution is 0.00728. The van der Waals surface area contributed by atoms with Crippen LogP contribution >= 0.6 is 11.3 Å². The molecule has 2 fully saturated rings. The van der Waals surface area contributed by atoms with Crippen LogP contribution in [0.4, 0.5) is 0 Å². The van der Waals surface area contributed by atoms with Gasteiger partial charge in [0.05, 0.1) is 11.0 Å². The zero-order valence-electron chi connectivity index (χ0n) is 14.3. The number of rotatable bonds is 3. The lowest BCUT2D eigenvalue weighted by atomic mass is 9.89. The highest BCUT2D eigenvalue weighted by Crippen LogP contribution is 2.31. The van der Waals surface area contributed by atoms with Crippen molar-refractivity contribution >= 4 is 17.2 Å². The minimum Gasteiger partial charge on any atom is -0.391 e. The van der Waals surface area contributed by atoms with Crippen LogP contribution in [0.25, 0.3) is 0 Å². The van der Waals surface area contributed by atoms with Gasteiger partial charge in [-0.25, -0.2) is 0 Å². The number of carbonyl (C=O) groups is 1. The first-order valence-electron chi connectivity index (χ1n) is 9.55. The van der Waals surface area contributed by atoms with Crippen LogP contribution in [0.2, 0.25) is 0 Å². The van der Waals surface area contributed by atoms with Gasteiger partial charge in [0.25, 0.3) is 5.91 Å². The number of aliphatic hydroxyl groups excluding tert-OH is 1. The molecule has 4 rings (SSSR count). The van der Waals surface area contributed by atoms with Gasteiger partial charge in [0, 0.05) is 30.1 Å². The van der Waals surface area contributed by atoms with Crippen LogP contribution in [0.5, 0.6) is 0 Å². The quantitative estimate of drug-likeness (QED) is 0.883. The molecule has 132 valence electrons. The van der Waals surface area contributed by atoms with Gasteiger partial charge in [-0.2, -0.15) is 0 Å². The van der Waals surface area contributed by atoms with Gasteiger partial charge in [0.15, 0.2) is 0 Å². The summed E-state index contributed by atoms with van der Waals surface area (Å²) in [5.41, 5.74) is 1.39. The number of hydrogen-bond donors (Lipinski definition) is 2. The summed E-state index contributed by atoms with van der Waals surface area (Å²) in [6.45, 7) is 1.99. The number of fused-ring (bicyclic) bond motifs is 1. The fourth-order valence-electron chi connectivity index (χ4n) is 4.59. The Kier molecular flexibility index (Phi) is 4.93. The first-order valence-corrected chi connectivity index (χ1v) is 10.4. The predicted molar refractivity (Wildman–Crippen MR) is 96.7 cm³/mol. The van der Waals surface area contributed by atoms with Crippen molar-refractivity contribution in [3.05, 3.63) is 21.4 Å². The fourth-order valence-corrected chi connectivity index (χ4v) is 5.75. The second kappa shape index (κ2) is 7.14. The van der Waals surface area contributed by atoms with Crippen LogP contribution < -0.4 is 5.32 Å². The maximum Gasteiger partial charge on any atom is 0.261 e. The molecule has 2 aliphatic carbocycles. The van der Waals surface area contributed by atoms with E-state index in [0.29, 0.717) is 6.04 Å². The number of carbonyl (C=O) groups excluding carboxylic acids is 1.